The number of carbonyl (C=O) groups excluding carboxylic acids is 1. The molecule has 7 nitrogen and oxygen atoms in total. The number of amides is 1. The standard InChI is InChI=1S/C23H46N6O/c1-4-25-23(26-12-10-14-28-13-9-11-20(18-28)22(24)30)27-17-21(19(2)3)29-15-7-5-6-8-16-29/h19-21H,4-18H2,1-3H3,(H2,24,30)(H2,25,26,27). The SMILES string of the molecule is CCNC(=NCC(C(C)C)N1CCCCCC1)NCCCN1CCCC(C(N)=O)C1. The van der Waals surface area contributed by atoms with Gasteiger partial charge in [0.15, 0.2) is 5.96 Å². The Kier molecular flexibility index (Phi) is 11.5. The van der Waals surface area contributed by atoms with E-state index in [1.165, 1.54) is 38.8 Å². The Morgan fingerprint density at radius 2 is 1.83 bits per heavy atom. The molecular formula is C23H46N6O. The van der Waals surface area contributed by atoms with Crippen LogP contribution in [-0.4, -0.2) is 80.1 Å². The summed E-state index contributed by atoms with van der Waals surface area (Å²) in [4.78, 5) is 21.4. The molecule has 0 aromatic rings. The summed E-state index contributed by atoms with van der Waals surface area (Å²) in [6.45, 7) is 14.7. The highest BCUT2D eigenvalue weighted by atomic mass is 16.1. The van der Waals surface area contributed by atoms with Gasteiger partial charge in [0.25, 0.3) is 0 Å². The zero-order chi connectivity index (χ0) is 21.8. The summed E-state index contributed by atoms with van der Waals surface area (Å²) in [6, 6.07) is 0.512. The van der Waals surface area contributed by atoms with E-state index in [1.807, 2.05) is 0 Å². The number of hydrogen-bond donors (Lipinski definition) is 3. The summed E-state index contributed by atoms with van der Waals surface area (Å²) in [5, 5.41) is 6.90. The Morgan fingerprint density at radius 3 is 2.47 bits per heavy atom. The van der Waals surface area contributed by atoms with Gasteiger partial charge < -0.3 is 21.3 Å². The lowest BCUT2D eigenvalue weighted by atomic mass is 9.97. The van der Waals surface area contributed by atoms with E-state index in [0.29, 0.717) is 12.0 Å². The van der Waals surface area contributed by atoms with E-state index < -0.39 is 0 Å². The van der Waals surface area contributed by atoms with Crippen molar-refractivity contribution in [2.75, 3.05) is 52.4 Å². The number of carbonyl (C=O) groups is 1. The molecule has 7 heteroatoms. The van der Waals surface area contributed by atoms with E-state index in [0.717, 1.165) is 64.5 Å². The molecule has 2 heterocycles. The van der Waals surface area contributed by atoms with Crippen molar-refractivity contribution in [2.45, 2.75) is 71.8 Å². The summed E-state index contributed by atoms with van der Waals surface area (Å²) < 4.78 is 0. The van der Waals surface area contributed by atoms with Crippen LogP contribution in [0.1, 0.15) is 65.7 Å². The van der Waals surface area contributed by atoms with E-state index in [2.05, 4.69) is 41.2 Å². The number of piperidine rings is 1. The number of likely N-dealkylation sites (tertiary alicyclic amines) is 2. The molecule has 2 rings (SSSR count). The van der Waals surface area contributed by atoms with Crippen LogP contribution in [-0.2, 0) is 4.79 Å². The fourth-order valence-corrected chi connectivity index (χ4v) is 4.70. The molecule has 0 saturated carbocycles. The molecule has 0 aromatic carbocycles. The van der Waals surface area contributed by atoms with Gasteiger partial charge in [0.2, 0.25) is 5.91 Å². The van der Waals surface area contributed by atoms with Crippen LogP contribution < -0.4 is 16.4 Å². The van der Waals surface area contributed by atoms with Gasteiger partial charge in [-0.3, -0.25) is 14.7 Å². The molecule has 2 atom stereocenters. The molecule has 4 N–H and O–H groups in total. The second-order valence-electron chi connectivity index (χ2n) is 9.30. The quantitative estimate of drug-likeness (QED) is 0.285. The summed E-state index contributed by atoms with van der Waals surface area (Å²) in [5.41, 5.74) is 5.49. The van der Waals surface area contributed by atoms with E-state index in [1.54, 1.807) is 0 Å². The van der Waals surface area contributed by atoms with Gasteiger partial charge in [-0.25, -0.2) is 0 Å². The Hall–Kier alpha value is -1.34. The lowest BCUT2D eigenvalue weighted by Crippen LogP contribution is -2.44. The van der Waals surface area contributed by atoms with Crippen molar-refractivity contribution in [2.24, 2.45) is 22.6 Å². The first kappa shape index (κ1) is 24.9. The van der Waals surface area contributed by atoms with E-state index in [9.17, 15) is 4.79 Å². The summed E-state index contributed by atoms with van der Waals surface area (Å²) >= 11 is 0. The van der Waals surface area contributed by atoms with Crippen LogP contribution in [0.2, 0.25) is 0 Å². The zero-order valence-electron chi connectivity index (χ0n) is 19.7. The van der Waals surface area contributed by atoms with Crippen molar-refractivity contribution in [1.82, 2.24) is 20.4 Å². The molecule has 30 heavy (non-hydrogen) atoms. The van der Waals surface area contributed by atoms with Gasteiger partial charge >= 0.3 is 0 Å². The second-order valence-corrected chi connectivity index (χ2v) is 9.30. The summed E-state index contributed by atoms with van der Waals surface area (Å²) in [7, 11) is 0. The van der Waals surface area contributed by atoms with Gasteiger partial charge in [0.1, 0.15) is 0 Å². The minimum atomic E-state index is -0.150. The van der Waals surface area contributed by atoms with Crippen molar-refractivity contribution in [3.05, 3.63) is 0 Å². The average molecular weight is 423 g/mol. The van der Waals surface area contributed by atoms with Crippen LogP contribution in [0.4, 0.5) is 0 Å². The molecule has 2 aliphatic rings. The number of hydrogen-bond acceptors (Lipinski definition) is 4. The fraction of sp³-hybridized carbons (Fsp3) is 0.913. The maximum atomic E-state index is 11.5. The number of nitrogens with one attached hydrogen (secondary N) is 2. The van der Waals surface area contributed by atoms with Gasteiger partial charge in [-0.15, -0.1) is 0 Å². The highest BCUT2D eigenvalue weighted by Crippen LogP contribution is 2.18. The molecule has 2 saturated heterocycles. The number of primary amides is 1. The third-order valence-electron chi connectivity index (χ3n) is 6.51. The number of nitrogens with two attached hydrogens (primary N) is 1. The molecule has 0 radical (unpaired) electrons. The highest BCUT2D eigenvalue weighted by Gasteiger charge is 2.24. The van der Waals surface area contributed by atoms with E-state index in [4.69, 9.17) is 10.7 Å². The molecule has 0 aliphatic carbocycles. The van der Waals surface area contributed by atoms with E-state index in [-0.39, 0.29) is 11.8 Å². The number of nitrogens with zero attached hydrogens (tertiary/aromatic N) is 3. The van der Waals surface area contributed by atoms with Crippen LogP contribution in [0, 0.1) is 11.8 Å². The van der Waals surface area contributed by atoms with Crippen LogP contribution in [0.15, 0.2) is 4.99 Å². The lowest BCUT2D eigenvalue weighted by molar-refractivity contribution is -0.123. The molecular weight excluding hydrogens is 376 g/mol. The highest BCUT2D eigenvalue weighted by molar-refractivity contribution is 5.79. The fourth-order valence-electron chi connectivity index (χ4n) is 4.70. The predicted octanol–water partition coefficient (Wildman–Crippen LogP) is 2.03. The third-order valence-corrected chi connectivity index (χ3v) is 6.51. The minimum absolute atomic E-state index is 0.0255. The van der Waals surface area contributed by atoms with Crippen molar-refractivity contribution >= 4 is 11.9 Å². The largest absolute Gasteiger partial charge is 0.369 e. The van der Waals surface area contributed by atoms with Gasteiger partial charge in [-0.2, -0.15) is 0 Å². The first-order valence-electron chi connectivity index (χ1n) is 12.3. The first-order chi connectivity index (χ1) is 14.5. The Bertz CT molecular complexity index is 516. The zero-order valence-corrected chi connectivity index (χ0v) is 19.7. The second kappa shape index (κ2) is 13.9. The molecule has 1 amide bonds. The number of guanidine groups is 1. The van der Waals surface area contributed by atoms with Gasteiger partial charge in [-0.1, -0.05) is 26.7 Å². The van der Waals surface area contributed by atoms with E-state index >= 15 is 0 Å². The van der Waals surface area contributed by atoms with Crippen LogP contribution in [0.25, 0.3) is 0 Å². The smallest absolute Gasteiger partial charge is 0.221 e. The van der Waals surface area contributed by atoms with Crippen molar-refractivity contribution in [1.29, 1.82) is 0 Å². The van der Waals surface area contributed by atoms with Crippen LogP contribution in [0.3, 0.4) is 0 Å². The molecule has 174 valence electrons. The summed E-state index contributed by atoms with van der Waals surface area (Å²) in [6.07, 6.45) is 8.41. The number of aliphatic imine (C=N–C) groups is 1. The molecule has 2 unspecified atom stereocenters. The Balaban J connectivity index is 1.79. The monoisotopic (exact) mass is 422 g/mol. The Morgan fingerprint density at radius 1 is 1.10 bits per heavy atom. The van der Waals surface area contributed by atoms with Crippen molar-refractivity contribution < 1.29 is 4.79 Å². The van der Waals surface area contributed by atoms with Gasteiger partial charge in [0, 0.05) is 25.7 Å². The summed E-state index contributed by atoms with van der Waals surface area (Å²) in [5.74, 6) is 1.40. The average Bonchev–Trinajstić information content (AvgIpc) is 3.00. The lowest BCUT2D eigenvalue weighted by Gasteiger charge is -2.32. The van der Waals surface area contributed by atoms with Gasteiger partial charge in [-0.05, 0) is 71.1 Å². The normalized spacial score (nSPS) is 23.2. The number of rotatable bonds is 10. The predicted molar refractivity (Wildman–Crippen MR) is 126 cm³/mol. The van der Waals surface area contributed by atoms with Crippen LogP contribution in [0.5, 0.6) is 0 Å². The molecule has 0 bridgehead atoms. The molecule has 2 aliphatic heterocycles. The van der Waals surface area contributed by atoms with Gasteiger partial charge in [0.05, 0.1) is 12.5 Å². The maximum absolute atomic E-state index is 11.5. The van der Waals surface area contributed by atoms with Crippen molar-refractivity contribution in [3.63, 3.8) is 0 Å². The minimum Gasteiger partial charge on any atom is -0.369 e. The maximum Gasteiger partial charge on any atom is 0.221 e. The topological polar surface area (TPSA) is 86.0 Å². The van der Waals surface area contributed by atoms with Crippen LogP contribution >= 0.6 is 0 Å². The Labute approximate surface area is 184 Å². The molecule has 0 aromatic heterocycles. The molecule has 2 fully saturated rings. The first-order valence-corrected chi connectivity index (χ1v) is 12.3. The van der Waals surface area contributed by atoms with Crippen molar-refractivity contribution in [3.8, 4) is 0 Å². The molecule has 0 spiro atoms. The third kappa shape index (κ3) is 8.80.